The molecule has 3 unspecified atom stereocenters. The summed E-state index contributed by atoms with van der Waals surface area (Å²) >= 11 is 0. The number of aliphatic hydroxyl groups excluding tert-OH is 2. The molecular weight excluding hydrogens is 520 g/mol. The summed E-state index contributed by atoms with van der Waals surface area (Å²) in [5.41, 5.74) is 9.11. The Hall–Kier alpha value is -3.75. The zero-order valence-corrected chi connectivity index (χ0v) is 23.7. The minimum Gasteiger partial charge on any atom is -0.511 e. The normalized spacial score (nSPS) is 27.5. The third-order valence-corrected chi connectivity index (χ3v) is 8.22. The van der Waals surface area contributed by atoms with Crippen molar-refractivity contribution >= 4 is 23.0 Å². The van der Waals surface area contributed by atoms with Gasteiger partial charge in [0.25, 0.3) is 5.91 Å². The van der Waals surface area contributed by atoms with E-state index in [1.165, 1.54) is 5.57 Å². The van der Waals surface area contributed by atoms with Gasteiger partial charge >= 0.3 is 0 Å². The molecule has 6 N–H and O–H groups in total. The van der Waals surface area contributed by atoms with Crippen LogP contribution >= 0.6 is 0 Å². The summed E-state index contributed by atoms with van der Waals surface area (Å²) in [4.78, 5) is 37.9. The second kappa shape index (κ2) is 13.3. The Labute approximate surface area is 241 Å². The van der Waals surface area contributed by atoms with E-state index in [0.717, 1.165) is 29.7 Å². The first-order chi connectivity index (χ1) is 19.6. The number of phenols is 1. The minimum atomic E-state index is -1.01. The molecule has 3 aliphatic carbocycles. The van der Waals surface area contributed by atoms with Crippen molar-refractivity contribution in [3.63, 3.8) is 0 Å². The molecule has 1 aromatic carbocycles. The van der Waals surface area contributed by atoms with E-state index in [2.05, 4.69) is 43.5 Å². The van der Waals surface area contributed by atoms with Crippen molar-refractivity contribution in [1.82, 2.24) is 5.32 Å². The van der Waals surface area contributed by atoms with Crippen LogP contribution in [-0.4, -0.2) is 52.0 Å². The molecule has 41 heavy (non-hydrogen) atoms. The molecule has 1 aromatic rings. The fourth-order valence-corrected chi connectivity index (χ4v) is 6.15. The minimum absolute atomic E-state index is 0.0289. The highest BCUT2D eigenvalue weighted by Gasteiger charge is 2.41. The van der Waals surface area contributed by atoms with Crippen LogP contribution in [0.2, 0.25) is 0 Å². The van der Waals surface area contributed by atoms with Crippen LogP contribution < -0.4 is 11.1 Å². The molecule has 0 heterocycles. The molecule has 0 saturated heterocycles. The summed E-state index contributed by atoms with van der Waals surface area (Å²) in [5.74, 6) is -3.74. The smallest absolute Gasteiger partial charge is 0.255 e. The summed E-state index contributed by atoms with van der Waals surface area (Å²) in [6, 6.07) is 3.80. The van der Waals surface area contributed by atoms with Gasteiger partial charge in [-0.3, -0.25) is 14.4 Å². The molecule has 0 spiro atoms. The van der Waals surface area contributed by atoms with Crippen LogP contribution in [0.15, 0.2) is 65.5 Å². The Morgan fingerprint density at radius 2 is 1.78 bits per heavy atom. The van der Waals surface area contributed by atoms with Gasteiger partial charge < -0.3 is 26.4 Å². The predicted octanol–water partition coefficient (Wildman–Crippen LogP) is 4.24. The van der Waals surface area contributed by atoms with Gasteiger partial charge in [-0.15, -0.1) is 0 Å². The maximum absolute atomic E-state index is 13.4. The topological polar surface area (TPSA) is 150 Å². The number of ketones is 2. The van der Waals surface area contributed by atoms with Gasteiger partial charge in [-0.2, -0.15) is 0 Å². The van der Waals surface area contributed by atoms with Gasteiger partial charge in [0.1, 0.15) is 17.1 Å². The van der Waals surface area contributed by atoms with Crippen LogP contribution in [0, 0.1) is 17.8 Å². The maximum Gasteiger partial charge on any atom is 0.255 e. The summed E-state index contributed by atoms with van der Waals surface area (Å²) in [6.45, 7) is 4.49. The molecule has 4 rings (SSSR count). The molecule has 3 aliphatic rings. The number of aromatic hydroxyl groups is 1. The van der Waals surface area contributed by atoms with Crippen LogP contribution in [0.5, 0.6) is 5.75 Å². The third kappa shape index (κ3) is 6.94. The molecule has 3 atom stereocenters. The zero-order chi connectivity index (χ0) is 29.7. The molecule has 0 fully saturated rings. The Morgan fingerprint density at radius 3 is 2.46 bits per heavy atom. The number of fused-ring (bicyclic) bond motifs is 1. The number of nitrogens with two attached hydrogens (primary N) is 1. The monoisotopic (exact) mass is 560 g/mol. The summed E-state index contributed by atoms with van der Waals surface area (Å²) in [7, 11) is 0. The number of nitrogens with one attached hydrogen (secondary N) is 1. The zero-order valence-electron chi connectivity index (χ0n) is 23.7. The average Bonchev–Trinajstić information content (AvgIpc) is 2.90. The fraction of sp³-hybridized carbons (Fsp3) is 0.424. The van der Waals surface area contributed by atoms with E-state index in [4.69, 9.17) is 5.73 Å². The molecule has 0 aliphatic heterocycles. The first kappa shape index (κ1) is 30.2. The van der Waals surface area contributed by atoms with Crippen LogP contribution in [0.4, 0.5) is 0 Å². The number of aliphatic hydroxyl groups is 2. The number of hydrogen-bond acceptors (Lipinski definition) is 7. The molecule has 218 valence electrons. The van der Waals surface area contributed by atoms with Gasteiger partial charge in [0.15, 0.2) is 11.6 Å². The van der Waals surface area contributed by atoms with E-state index in [1.54, 1.807) is 6.07 Å². The molecule has 8 heteroatoms. The van der Waals surface area contributed by atoms with Gasteiger partial charge in [0.2, 0.25) is 0 Å². The number of amides is 1. The lowest BCUT2D eigenvalue weighted by molar-refractivity contribution is -0.127. The number of phenolic OH excluding ortho intramolecular Hbond substituents is 1. The number of rotatable bonds is 8. The molecular formula is C33H40N2O6. The highest BCUT2D eigenvalue weighted by molar-refractivity contribution is 6.20. The fourth-order valence-electron chi connectivity index (χ4n) is 6.15. The van der Waals surface area contributed by atoms with E-state index in [0.29, 0.717) is 30.9 Å². The van der Waals surface area contributed by atoms with Crippen molar-refractivity contribution in [2.45, 2.75) is 58.4 Å². The first-order valence-electron chi connectivity index (χ1n) is 14.3. The van der Waals surface area contributed by atoms with E-state index in [1.807, 2.05) is 18.2 Å². The predicted molar refractivity (Wildman–Crippen MR) is 158 cm³/mol. The summed E-state index contributed by atoms with van der Waals surface area (Å²) in [6.07, 6.45) is 15.0. The van der Waals surface area contributed by atoms with Gasteiger partial charge in [0, 0.05) is 31.3 Å². The lowest BCUT2D eigenvalue weighted by Crippen LogP contribution is -2.39. The van der Waals surface area contributed by atoms with Crippen molar-refractivity contribution in [2.24, 2.45) is 23.5 Å². The second-order valence-electron chi connectivity index (χ2n) is 11.5. The van der Waals surface area contributed by atoms with Crippen molar-refractivity contribution in [2.75, 3.05) is 13.2 Å². The first-order valence-corrected chi connectivity index (χ1v) is 14.3. The summed E-state index contributed by atoms with van der Waals surface area (Å²) < 4.78 is 0. The Bertz CT molecular complexity index is 1360. The molecule has 0 radical (unpaired) electrons. The number of carbonyl (C=O) groups excluding carboxylic acids is 3. The van der Waals surface area contributed by atoms with Gasteiger partial charge in [0.05, 0.1) is 12.2 Å². The van der Waals surface area contributed by atoms with Crippen LogP contribution in [0.25, 0.3) is 5.57 Å². The SMILES string of the molecule is CC(C)NC/C1=C/C=C(/c2ccc(O)c3c2CC(CC2CC(O)=C(C(N)=O)C(=O)C2CO)CC3=O)C/C=C\C=C/C1. The van der Waals surface area contributed by atoms with E-state index < -0.39 is 35.7 Å². The largest absolute Gasteiger partial charge is 0.511 e. The van der Waals surface area contributed by atoms with Crippen molar-refractivity contribution in [3.8, 4) is 5.75 Å². The lowest BCUT2D eigenvalue weighted by Gasteiger charge is -2.34. The van der Waals surface area contributed by atoms with E-state index in [-0.39, 0.29) is 36.1 Å². The number of Topliss-reactive ketones (excluding diaryl/α,β-unsaturated/α-hetero) is 2. The Morgan fingerprint density at radius 1 is 1.05 bits per heavy atom. The van der Waals surface area contributed by atoms with E-state index in [9.17, 15) is 29.7 Å². The van der Waals surface area contributed by atoms with Crippen LogP contribution in [-0.2, 0) is 16.0 Å². The average molecular weight is 561 g/mol. The van der Waals surface area contributed by atoms with Crippen LogP contribution in [0.1, 0.15) is 67.4 Å². The van der Waals surface area contributed by atoms with Crippen molar-refractivity contribution in [3.05, 3.63) is 82.2 Å². The second-order valence-corrected chi connectivity index (χ2v) is 11.5. The van der Waals surface area contributed by atoms with Crippen LogP contribution in [0.3, 0.4) is 0 Å². The number of primary amides is 1. The van der Waals surface area contributed by atoms with Crippen molar-refractivity contribution < 1.29 is 29.7 Å². The Balaban J connectivity index is 1.67. The van der Waals surface area contributed by atoms with Gasteiger partial charge in [-0.05, 0) is 60.3 Å². The third-order valence-electron chi connectivity index (χ3n) is 8.22. The number of carbonyl (C=O) groups is 3. The van der Waals surface area contributed by atoms with Crippen molar-refractivity contribution in [1.29, 1.82) is 0 Å². The highest BCUT2D eigenvalue weighted by atomic mass is 16.3. The van der Waals surface area contributed by atoms with Gasteiger partial charge in [-0.25, -0.2) is 0 Å². The van der Waals surface area contributed by atoms with E-state index >= 15 is 0 Å². The summed E-state index contributed by atoms with van der Waals surface area (Å²) in [5, 5.41) is 34.6. The number of allylic oxidation sites excluding steroid dienone is 8. The molecule has 1 amide bonds. The van der Waals surface area contributed by atoms with Gasteiger partial charge in [-0.1, -0.05) is 61.9 Å². The number of benzene rings is 1. The molecule has 8 nitrogen and oxygen atoms in total. The lowest BCUT2D eigenvalue weighted by atomic mass is 9.69. The Kier molecular flexibility index (Phi) is 9.78. The number of hydrogen-bond donors (Lipinski definition) is 5. The highest BCUT2D eigenvalue weighted by Crippen LogP contribution is 2.42. The molecule has 0 bridgehead atoms. The maximum atomic E-state index is 13.4. The standard InChI is InChI=1S/C33H40N2O6/c1-19(2)35-17-20-7-5-3-4-6-8-22(10-9-20)24-11-12-27(37)30-25(24)14-21(15-28(30)38)13-23-16-29(39)31(33(34)41)32(40)26(23)18-36/h3-6,9-12,19,21,23,26,35-37,39H,7-8,13-18H2,1-2H3,(H2,34,41)/b5-3-,6-4-,20-9+,22-10+. The molecule has 0 saturated carbocycles. The quantitative estimate of drug-likeness (QED) is 0.299. The molecule has 0 aromatic heterocycles.